The number of sulfone groups is 1. The summed E-state index contributed by atoms with van der Waals surface area (Å²) in [5.41, 5.74) is 1.19. The second kappa shape index (κ2) is 7.59. The molecule has 3 rings (SSSR count). The standard InChI is InChI=1S/C17H15BrN2O3S3/c1-10(11-3-5-13(6-4-11)26(2,22)23)19-16(21)14-9-25-17(20-14)15-7-12(18)8-24-15/h3-10H,1-2H3,(H,19,21). The highest BCUT2D eigenvalue weighted by atomic mass is 79.9. The van der Waals surface area contributed by atoms with Crippen molar-refractivity contribution in [2.24, 2.45) is 0 Å². The minimum absolute atomic E-state index is 0.256. The summed E-state index contributed by atoms with van der Waals surface area (Å²) in [4.78, 5) is 18.1. The molecule has 0 radical (unpaired) electrons. The SMILES string of the molecule is CC(NC(=O)c1csc(-c2cc(Br)cs2)n1)c1ccc(S(C)(=O)=O)cc1. The Morgan fingerprint density at radius 1 is 1.19 bits per heavy atom. The Hall–Kier alpha value is -1.55. The zero-order valence-corrected chi connectivity index (χ0v) is 17.9. The van der Waals surface area contributed by atoms with Crippen LogP contribution >= 0.6 is 38.6 Å². The second-order valence-corrected chi connectivity index (χ2v) is 10.4. The van der Waals surface area contributed by atoms with Crippen molar-refractivity contribution in [2.45, 2.75) is 17.9 Å². The first-order chi connectivity index (χ1) is 12.2. The van der Waals surface area contributed by atoms with Crippen LogP contribution in [0.15, 0.2) is 50.5 Å². The lowest BCUT2D eigenvalue weighted by Gasteiger charge is -2.13. The summed E-state index contributed by atoms with van der Waals surface area (Å²) < 4.78 is 24.0. The maximum atomic E-state index is 12.4. The molecule has 9 heteroatoms. The van der Waals surface area contributed by atoms with E-state index in [0.717, 1.165) is 19.9 Å². The van der Waals surface area contributed by atoms with Crippen LogP contribution in [0.25, 0.3) is 9.88 Å². The number of carbonyl (C=O) groups is 1. The predicted molar refractivity (Wildman–Crippen MR) is 109 cm³/mol. The van der Waals surface area contributed by atoms with Crippen molar-refractivity contribution in [1.29, 1.82) is 0 Å². The zero-order chi connectivity index (χ0) is 18.9. The van der Waals surface area contributed by atoms with Crippen molar-refractivity contribution in [3.8, 4) is 9.88 Å². The monoisotopic (exact) mass is 470 g/mol. The number of nitrogens with one attached hydrogen (secondary N) is 1. The molecule has 2 heterocycles. The Balaban J connectivity index is 1.70. The van der Waals surface area contributed by atoms with Crippen LogP contribution in [0.3, 0.4) is 0 Å². The third-order valence-electron chi connectivity index (χ3n) is 3.67. The van der Waals surface area contributed by atoms with Crippen LogP contribution in [-0.4, -0.2) is 25.6 Å². The lowest BCUT2D eigenvalue weighted by atomic mass is 10.1. The normalized spacial score (nSPS) is 12.7. The Morgan fingerprint density at radius 3 is 2.46 bits per heavy atom. The zero-order valence-electron chi connectivity index (χ0n) is 13.9. The Bertz CT molecular complexity index is 1040. The highest BCUT2D eigenvalue weighted by Gasteiger charge is 2.16. The number of amides is 1. The first kappa shape index (κ1) is 19.2. The summed E-state index contributed by atoms with van der Waals surface area (Å²) in [6.07, 6.45) is 1.17. The van der Waals surface area contributed by atoms with Crippen LogP contribution in [0.1, 0.15) is 29.0 Å². The van der Waals surface area contributed by atoms with Crippen molar-refractivity contribution in [3.63, 3.8) is 0 Å². The van der Waals surface area contributed by atoms with Gasteiger partial charge < -0.3 is 5.32 Å². The summed E-state index contributed by atoms with van der Waals surface area (Å²) >= 11 is 6.40. The van der Waals surface area contributed by atoms with Crippen LogP contribution in [0.5, 0.6) is 0 Å². The summed E-state index contributed by atoms with van der Waals surface area (Å²) in [6, 6.07) is 8.20. The van der Waals surface area contributed by atoms with Gasteiger partial charge in [0, 0.05) is 21.5 Å². The van der Waals surface area contributed by atoms with Crippen LogP contribution in [0.2, 0.25) is 0 Å². The topological polar surface area (TPSA) is 76.1 Å². The molecule has 1 N–H and O–H groups in total. The summed E-state index contributed by atoms with van der Waals surface area (Å²) in [5, 5.41) is 7.40. The number of halogens is 1. The fourth-order valence-electron chi connectivity index (χ4n) is 2.27. The van der Waals surface area contributed by atoms with E-state index in [1.807, 2.05) is 18.4 Å². The molecule has 0 bridgehead atoms. The Kier molecular flexibility index (Phi) is 5.61. The quantitative estimate of drug-likeness (QED) is 0.594. The van der Waals surface area contributed by atoms with E-state index in [-0.39, 0.29) is 16.8 Å². The third kappa shape index (κ3) is 4.40. The van der Waals surface area contributed by atoms with Crippen molar-refractivity contribution in [3.05, 3.63) is 56.8 Å². The highest BCUT2D eigenvalue weighted by molar-refractivity contribution is 9.10. The van der Waals surface area contributed by atoms with Gasteiger partial charge in [-0.1, -0.05) is 12.1 Å². The van der Waals surface area contributed by atoms with Crippen molar-refractivity contribution in [1.82, 2.24) is 10.3 Å². The lowest BCUT2D eigenvalue weighted by Crippen LogP contribution is -2.26. The number of aromatic nitrogens is 1. The maximum Gasteiger partial charge on any atom is 0.271 e. The first-order valence-corrected chi connectivity index (χ1v) is 12.0. The van der Waals surface area contributed by atoms with Crippen molar-refractivity contribution >= 4 is 54.3 Å². The molecule has 1 atom stereocenters. The molecule has 0 fully saturated rings. The lowest BCUT2D eigenvalue weighted by molar-refractivity contribution is 0.0935. The van der Waals surface area contributed by atoms with Gasteiger partial charge in [-0.25, -0.2) is 13.4 Å². The molecule has 1 unspecified atom stereocenters. The molecule has 1 amide bonds. The summed E-state index contributed by atoms with van der Waals surface area (Å²) in [6.45, 7) is 1.84. The van der Waals surface area contributed by atoms with Gasteiger partial charge in [-0.05, 0) is 46.6 Å². The minimum Gasteiger partial charge on any atom is -0.344 e. The molecule has 0 saturated heterocycles. The molecule has 26 heavy (non-hydrogen) atoms. The number of hydrogen-bond donors (Lipinski definition) is 1. The molecule has 5 nitrogen and oxygen atoms in total. The largest absolute Gasteiger partial charge is 0.344 e. The van der Waals surface area contributed by atoms with Gasteiger partial charge in [-0.15, -0.1) is 22.7 Å². The Labute approximate surface area is 168 Å². The summed E-state index contributed by atoms with van der Waals surface area (Å²) in [5.74, 6) is -0.261. The average Bonchev–Trinajstić information content (AvgIpc) is 3.23. The number of hydrogen-bond acceptors (Lipinski definition) is 6. The second-order valence-electron chi connectivity index (χ2n) is 5.70. The number of benzene rings is 1. The number of carbonyl (C=O) groups excluding carboxylic acids is 1. The first-order valence-electron chi connectivity index (χ1n) is 7.55. The molecular weight excluding hydrogens is 456 g/mol. The molecule has 0 aliphatic heterocycles. The Morgan fingerprint density at radius 2 is 1.88 bits per heavy atom. The van der Waals surface area contributed by atoms with E-state index in [9.17, 15) is 13.2 Å². The molecule has 0 aliphatic carbocycles. The molecule has 136 valence electrons. The number of thiazole rings is 1. The predicted octanol–water partition coefficient (Wildman–Crippen LogP) is 4.53. The number of nitrogens with zero attached hydrogens (tertiary/aromatic N) is 1. The molecule has 0 saturated carbocycles. The molecule has 3 aromatic rings. The number of thiophene rings is 1. The maximum absolute atomic E-state index is 12.4. The van der Waals surface area contributed by atoms with E-state index in [4.69, 9.17) is 0 Å². The van der Waals surface area contributed by atoms with E-state index in [1.165, 1.54) is 17.6 Å². The fourth-order valence-corrected chi connectivity index (χ4v) is 5.21. The van der Waals surface area contributed by atoms with Crippen LogP contribution in [0, 0.1) is 0 Å². The molecule has 1 aromatic carbocycles. The third-order valence-corrected chi connectivity index (χ3v) is 7.50. The van der Waals surface area contributed by atoms with Crippen LogP contribution in [0.4, 0.5) is 0 Å². The molecule has 0 spiro atoms. The van der Waals surface area contributed by atoms with Gasteiger partial charge in [0.15, 0.2) is 9.84 Å². The molecule has 2 aromatic heterocycles. The van der Waals surface area contributed by atoms with Gasteiger partial charge in [0.2, 0.25) is 0 Å². The van der Waals surface area contributed by atoms with Gasteiger partial charge in [-0.3, -0.25) is 4.79 Å². The smallest absolute Gasteiger partial charge is 0.271 e. The minimum atomic E-state index is -3.23. The van der Waals surface area contributed by atoms with Gasteiger partial charge in [-0.2, -0.15) is 0 Å². The van der Waals surface area contributed by atoms with Crippen LogP contribution in [-0.2, 0) is 9.84 Å². The van der Waals surface area contributed by atoms with E-state index < -0.39 is 9.84 Å². The van der Waals surface area contributed by atoms with Gasteiger partial charge in [0.25, 0.3) is 5.91 Å². The van der Waals surface area contributed by atoms with E-state index >= 15 is 0 Å². The number of rotatable bonds is 5. The summed E-state index contributed by atoms with van der Waals surface area (Å²) in [7, 11) is -3.23. The fraction of sp³-hybridized carbons (Fsp3) is 0.176. The van der Waals surface area contributed by atoms with Gasteiger partial charge in [0.05, 0.1) is 15.8 Å². The van der Waals surface area contributed by atoms with E-state index in [1.54, 1.807) is 41.0 Å². The van der Waals surface area contributed by atoms with E-state index in [2.05, 4.69) is 26.2 Å². The average molecular weight is 471 g/mol. The molecular formula is C17H15BrN2O3S3. The van der Waals surface area contributed by atoms with Crippen LogP contribution < -0.4 is 5.32 Å². The van der Waals surface area contributed by atoms with E-state index in [0.29, 0.717) is 5.69 Å². The van der Waals surface area contributed by atoms with Crippen molar-refractivity contribution in [2.75, 3.05) is 6.26 Å². The van der Waals surface area contributed by atoms with Crippen molar-refractivity contribution < 1.29 is 13.2 Å². The van der Waals surface area contributed by atoms with Gasteiger partial charge in [0.1, 0.15) is 10.7 Å². The molecule has 0 aliphatic rings. The van der Waals surface area contributed by atoms with Gasteiger partial charge >= 0.3 is 0 Å². The highest BCUT2D eigenvalue weighted by Crippen LogP contribution is 2.32.